The van der Waals surface area contributed by atoms with Crippen molar-refractivity contribution in [2.24, 2.45) is 0 Å². The first-order valence-electron chi connectivity index (χ1n) is 9.01. The summed E-state index contributed by atoms with van der Waals surface area (Å²) >= 11 is 0. The molecule has 0 saturated carbocycles. The summed E-state index contributed by atoms with van der Waals surface area (Å²) in [6.07, 6.45) is 0.281. The van der Waals surface area contributed by atoms with E-state index >= 15 is 0 Å². The minimum Gasteiger partial charge on any atom is -0.493 e. The van der Waals surface area contributed by atoms with Crippen molar-refractivity contribution in [3.05, 3.63) is 46.5 Å². The molecule has 2 aromatic carbocycles. The molecule has 0 bridgehead atoms. The largest absolute Gasteiger partial charge is 0.493 e. The minimum absolute atomic E-state index is 0.175. The van der Waals surface area contributed by atoms with Crippen LogP contribution in [0.2, 0.25) is 0 Å². The molecule has 0 unspecified atom stereocenters. The molecule has 2 atom stereocenters. The number of ether oxygens (including phenoxy) is 4. The highest BCUT2D eigenvalue weighted by molar-refractivity contribution is 5.53. The molecule has 0 saturated heterocycles. The SMILES string of the molecule is COc1cc2c(cc1OC)CN1C[C@H](O)c3cc(OC)c(OC)cc3[C@@H]1C2. The minimum atomic E-state index is -0.558. The first kappa shape index (κ1) is 17.9. The van der Waals surface area contributed by atoms with Gasteiger partial charge < -0.3 is 24.1 Å². The van der Waals surface area contributed by atoms with Crippen LogP contribution in [-0.4, -0.2) is 45.0 Å². The van der Waals surface area contributed by atoms with Crippen LogP contribution in [0.1, 0.15) is 34.4 Å². The van der Waals surface area contributed by atoms with Gasteiger partial charge in [-0.2, -0.15) is 0 Å². The van der Waals surface area contributed by atoms with E-state index in [1.165, 1.54) is 11.1 Å². The summed E-state index contributed by atoms with van der Waals surface area (Å²) in [5.74, 6) is 2.81. The van der Waals surface area contributed by atoms with Gasteiger partial charge in [0, 0.05) is 19.1 Å². The van der Waals surface area contributed by atoms with Crippen molar-refractivity contribution in [1.29, 1.82) is 0 Å². The van der Waals surface area contributed by atoms with Crippen molar-refractivity contribution >= 4 is 0 Å². The van der Waals surface area contributed by atoms with Gasteiger partial charge in [0.25, 0.3) is 0 Å². The predicted molar refractivity (Wildman–Crippen MR) is 101 cm³/mol. The Balaban J connectivity index is 1.78. The number of methoxy groups -OCH3 is 4. The summed E-state index contributed by atoms with van der Waals surface area (Å²) < 4.78 is 21.8. The van der Waals surface area contributed by atoms with Crippen LogP contribution in [0.5, 0.6) is 23.0 Å². The van der Waals surface area contributed by atoms with Gasteiger partial charge in [-0.3, -0.25) is 4.90 Å². The third-order valence-electron chi connectivity index (χ3n) is 5.65. The van der Waals surface area contributed by atoms with Gasteiger partial charge in [-0.15, -0.1) is 0 Å². The van der Waals surface area contributed by atoms with Crippen LogP contribution in [-0.2, 0) is 13.0 Å². The molecule has 144 valence electrons. The van der Waals surface area contributed by atoms with E-state index in [0.29, 0.717) is 18.0 Å². The molecular weight excluding hydrogens is 346 g/mol. The third-order valence-corrected chi connectivity index (χ3v) is 5.65. The van der Waals surface area contributed by atoms with Gasteiger partial charge in [0.15, 0.2) is 23.0 Å². The fraction of sp³-hybridized carbons (Fsp3) is 0.429. The van der Waals surface area contributed by atoms with Gasteiger partial charge in [-0.25, -0.2) is 0 Å². The lowest BCUT2D eigenvalue weighted by molar-refractivity contribution is 0.0544. The zero-order valence-electron chi connectivity index (χ0n) is 16.1. The van der Waals surface area contributed by atoms with Gasteiger partial charge in [-0.05, 0) is 52.9 Å². The van der Waals surface area contributed by atoms with Crippen molar-refractivity contribution in [3.8, 4) is 23.0 Å². The lowest BCUT2D eigenvalue weighted by Crippen LogP contribution is -2.41. The van der Waals surface area contributed by atoms with Gasteiger partial charge in [0.1, 0.15) is 0 Å². The maximum Gasteiger partial charge on any atom is 0.161 e. The molecule has 6 heteroatoms. The van der Waals surface area contributed by atoms with E-state index < -0.39 is 6.10 Å². The van der Waals surface area contributed by atoms with Crippen LogP contribution in [0.3, 0.4) is 0 Å². The molecule has 27 heavy (non-hydrogen) atoms. The number of hydrogen-bond acceptors (Lipinski definition) is 6. The first-order chi connectivity index (χ1) is 13.1. The van der Waals surface area contributed by atoms with Crippen LogP contribution in [0.25, 0.3) is 0 Å². The van der Waals surface area contributed by atoms with Gasteiger partial charge in [0.2, 0.25) is 0 Å². The van der Waals surface area contributed by atoms with Crippen molar-refractivity contribution in [2.45, 2.75) is 25.1 Å². The van der Waals surface area contributed by atoms with E-state index in [4.69, 9.17) is 18.9 Å². The fourth-order valence-electron chi connectivity index (χ4n) is 4.27. The highest BCUT2D eigenvalue weighted by Gasteiger charge is 2.37. The van der Waals surface area contributed by atoms with Crippen molar-refractivity contribution < 1.29 is 24.1 Å². The van der Waals surface area contributed by atoms with Crippen LogP contribution < -0.4 is 18.9 Å². The Hall–Kier alpha value is -2.44. The molecule has 2 aliphatic heterocycles. The zero-order chi connectivity index (χ0) is 19.1. The summed E-state index contributed by atoms with van der Waals surface area (Å²) in [7, 11) is 6.55. The Morgan fingerprint density at radius 1 is 0.778 bits per heavy atom. The standard InChI is InChI=1S/C21H25NO5/c1-24-18-6-12-5-16-14-8-20(26-3)21(27-4)9-15(14)17(23)11-22(16)10-13(12)7-19(18)25-2/h6-9,16-17,23H,5,10-11H2,1-4H3/t16-,17-/m0/s1. The molecule has 0 fully saturated rings. The Morgan fingerprint density at radius 3 is 1.89 bits per heavy atom. The van der Waals surface area contributed by atoms with Crippen LogP contribution in [0.4, 0.5) is 0 Å². The van der Waals surface area contributed by atoms with E-state index in [2.05, 4.69) is 11.0 Å². The molecule has 1 N–H and O–H groups in total. The molecule has 0 radical (unpaired) electrons. The lowest BCUT2D eigenvalue weighted by Gasteiger charge is -2.43. The van der Waals surface area contributed by atoms with Crippen LogP contribution in [0, 0.1) is 0 Å². The van der Waals surface area contributed by atoms with E-state index in [1.54, 1.807) is 28.4 Å². The topological polar surface area (TPSA) is 60.4 Å². The molecule has 0 aromatic heterocycles. The number of rotatable bonds is 4. The van der Waals surface area contributed by atoms with Gasteiger partial charge >= 0.3 is 0 Å². The molecule has 2 aliphatic rings. The molecule has 0 aliphatic carbocycles. The summed E-state index contributed by atoms with van der Waals surface area (Å²) in [5.41, 5.74) is 4.45. The smallest absolute Gasteiger partial charge is 0.161 e. The van der Waals surface area contributed by atoms with Crippen LogP contribution >= 0.6 is 0 Å². The summed E-state index contributed by atoms with van der Waals surface area (Å²) in [6, 6.07) is 8.19. The number of benzene rings is 2. The van der Waals surface area contributed by atoms with Gasteiger partial charge in [0.05, 0.1) is 34.5 Å². The first-order valence-corrected chi connectivity index (χ1v) is 9.01. The second kappa shape index (κ2) is 6.94. The van der Waals surface area contributed by atoms with Crippen molar-refractivity contribution in [2.75, 3.05) is 35.0 Å². The van der Waals surface area contributed by atoms with Crippen molar-refractivity contribution in [1.82, 2.24) is 4.90 Å². The average molecular weight is 371 g/mol. The molecule has 0 amide bonds. The Bertz CT molecular complexity index is 866. The number of aliphatic hydroxyl groups excluding tert-OH is 1. The zero-order valence-corrected chi connectivity index (χ0v) is 16.1. The highest BCUT2D eigenvalue weighted by atomic mass is 16.5. The van der Waals surface area contributed by atoms with E-state index in [0.717, 1.165) is 35.6 Å². The maximum atomic E-state index is 10.7. The van der Waals surface area contributed by atoms with Gasteiger partial charge in [-0.1, -0.05) is 0 Å². The Labute approximate surface area is 159 Å². The molecule has 4 rings (SSSR count). The second-order valence-electron chi connectivity index (χ2n) is 6.98. The van der Waals surface area contributed by atoms with E-state index in [9.17, 15) is 5.11 Å². The monoisotopic (exact) mass is 371 g/mol. The number of fused-ring (bicyclic) bond motifs is 4. The molecule has 2 aromatic rings. The predicted octanol–water partition coefficient (Wildman–Crippen LogP) is 2.87. The summed E-state index contributed by atoms with van der Waals surface area (Å²) in [4.78, 5) is 2.31. The van der Waals surface area contributed by atoms with Crippen LogP contribution in [0.15, 0.2) is 24.3 Å². The molecular formula is C21H25NO5. The fourth-order valence-corrected chi connectivity index (χ4v) is 4.27. The highest BCUT2D eigenvalue weighted by Crippen LogP contribution is 2.46. The average Bonchev–Trinajstić information content (AvgIpc) is 2.70. The summed E-state index contributed by atoms with van der Waals surface area (Å²) in [6.45, 7) is 1.34. The number of hydrogen-bond donors (Lipinski definition) is 1. The molecule has 2 heterocycles. The molecule has 6 nitrogen and oxygen atoms in total. The van der Waals surface area contributed by atoms with E-state index in [1.807, 2.05) is 18.2 Å². The van der Waals surface area contributed by atoms with Crippen molar-refractivity contribution in [3.63, 3.8) is 0 Å². The molecule has 0 spiro atoms. The number of aliphatic hydroxyl groups is 1. The Morgan fingerprint density at radius 2 is 1.30 bits per heavy atom. The quantitative estimate of drug-likeness (QED) is 0.892. The summed E-state index contributed by atoms with van der Waals surface area (Å²) in [5, 5.41) is 10.7. The lowest BCUT2D eigenvalue weighted by atomic mass is 9.82. The Kier molecular flexibility index (Phi) is 4.61. The normalized spacial score (nSPS) is 20.9. The maximum absolute atomic E-state index is 10.7. The second-order valence-corrected chi connectivity index (χ2v) is 6.98. The number of nitrogens with zero attached hydrogens (tertiary/aromatic N) is 1. The van der Waals surface area contributed by atoms with E-state index in [-0.39, 0.29) is 6.04 Å². The third kappa shape index (κ3) is 2.89.